The van der Waals surface area contributed by atoms with E-state index in [-0.39, 0.29) is 5.69 Å². The first-order valence-electron chi connectivity index (χ1n) is 5.57. The Labute approximate surface area is 112 Å². The van der Waals surface area contributed by atoms with E-state index in [9.17, 15) is 9.59 Å². The number of hydrogen-bond acceptors (Lipinski definition) is 5. The molecule has 0 aliphatic rings. The molecule has 0 radical (unpaired) electrons. The number of nitrogens with zero attached hydrogens (tertiary/aromatic N) is 3. The topological polar surface area (TPSA) is 64.8 Å². The first-order chi connectivity index (χ1) is 9.15. The van der Waals surface area contributed by atoms with Gasteiger partial charge in [0, 0.05) is 18.8 Å². The third kappa shape index (κ3) is 2.06. The minimum atomic E-state index is -0.593. The predicted octanol–water partition coefficient (Wildman–Crippen LogP) is 2.10. The summed E-state index contributed by atoms with van der Waals surface area (Å²) in [7, 11) is 1.70. The van der Waals surface area contributed by atoms with Gasteiger partial charge in [-0.1, -0.05) is 0 Å². The summed E-state index contributed by atoms with van der Waals surface area (Å²) in [6, 6.07) is 6.58. The zero-order valence-corrected chi connectivity index (χ0v) is 10.8. The van der Waals surface area contributed by atoms with Gasteiger partial charge in [-0.3, -0.25) is 14.3 Å². The molecule has 0 spiro atoms. The molecule has 3 rings (SSSR count). The van der Waals surface area contributed by atoms with Crippen molar-refractivity contribution < 1.29 is 9.59 Å². The summed E-state index contributed by atoms with van der Waals surface area (Å²) in [4.78, 5) is 28.2. The minimum absolute atomic E-state index is 0.164. The van der Waals surface area contributed by atoms with Crippen molar-refractivity contribution in [3.8, 4) is 0 Å². The highest BCUT2D eigenvalue weighted by Crippen LogP contribution is 2.20. The number of thiazole rings is 1. The highest BCUT2D eigenvalue weighted by Gasteiger charge is 2.20. The molecule has 0 saturated heterocycles. The van der Waals surface area contributed by atoms with Gasteiger partial charge in [-0.15, -0.1) is 11.3 Å². The number of ketones is 2. The Morgan fingerprint density at radius 1 is 1.21 bits per heavy atom. The van der Waals surface area contributed by atoms with E-state index in [1.54, 1.807) is 37.0 Å². The van der Waals surface area contributed by atoms with Crippen molar-refractivity contribution in [1.82, 2.24) is 14.8 Å². The number of benzene rings is 1. The largest absolute Gasteiger partial charge is 0.285 e. The maximum atomic E-state index is 12.1. The average molecular weight is 271 g/mol. The number of carbonyl (C=O) groups excluding carboxylic acids is 2. The number of hydrogen-bond donors (Lipinski definition) is 0. The summed E-state index contributed by atoms with van der Waals surface area (Å²) in [6.07, 6.45) is 1.63. The predicted molar refractivity (Wildman–Crippen MR) is 71.5 cm³/mol. The maximum absolute atomic E-state index is 12.1. The van der Waals surface area contributed by atoms with Crippen LogP contribution in [0.4, 0.5) is 0 Å². The molecule has 6 heteroatoms. The van der Waals surface area contributed by atoms with Crippen LogP contribution in [0.25, 0.3) is 10.2 Å². The Kier molecular flexibility index (Phi) is 2.72. The van der Waals surface area contributed by atoms with E-state index in [0.29, 0.717) is 5.56 Å². The maximum Gasteiger partial charge on any atom is 0.253 e. The summed E-state index contributed by atoms with van der Waals surface area (Å²) in [5.41, 5.74) is 3.07. The molecule has 0 atom stereocenters. The van der Waals surface area contributed by atoms with Gasteiger partial charge in [-0.25, -0.2) is 4.98 Å². The zero-order chi connectivity index (χ0) is 13.4. The van der Waals surface area contributed by atoms with Crippen molar-refractivity contribution in [2.24, 2.45) is 7.05 Å². The van der Waals surface area contributed by atoms with E-state index < -0.39 is 11.6 Å². The smallest absolute Gasteiger partial charge is 0.253 e. The van der Waals surface area contributed by atoms with Crippen molar-refractivity contribution in [1.29, 1.82) is 0 Å². The SMILES string of the molecule is Cn1ccc(C(=O)C(=O)c2ccc3ncsc3c2)n1. The Bertz CT molecular complexity index is 788. The van der Waals surface area contributed by atoms with Crippen LogP contribution in [0.1, 0.15) is 20.8 Å². The lowest BCUT2D eigenvalue weighted by molar-refractivity contribution is 0.0813. The second kappa shape index (κ2) is 4.40. The second-order valence-electron chi connectivity index (χ2n) is 4.07. The minimum Gasteiger partial charge on any atom is -0.285 e. The van der Waals surface area contributed by atoms with Crippen molar-refractivity contribution in [2.45, 2.75) is 0 Å². The van der Waals surface area contributed by atoms with Gasteiger partial charge in [0.25, 0.3) is 5.78 Å². The molecule has 0 bridgehead atoms. The molecule has 2 heterocycles. The van der Waals surface area contributed by atoms with Crippen LogP contribution in [0.3, 0.4) is 0 Å². The Morgan fingerprint density at radius 3 is 2.79 bits per heavy atom. The van der Waals surface area contributed by atoms with E-state index >= 15 is 0 Å². The molecule has 3 aromatic rings. The molecule has 2 aromatic heterocycles. The lowest BCUT2D eigenvalue weighted by atomic mass is 10.1. The molecule has 0 fully saturated rings. The van der Waals surface area contributed by atoms with Crippen molar-refractivity contribution in [3.05, 3.63) is 47.2 Å². The van der Waals surface area contributed by atoms with Gasteiger partial charge in [0.15, 0.2) is 0 Å². The second-order valence-corrected chi connectivity index (χ2v) is 4.95. The van der Waals surface area contributed by atoms with Crippen LogP contribution in [0.5, 0.6) is 0 Å². The molecular weight excluding hydrogens is 262 g/mol. The highest BCUT2D eigenvalue weighted by atomic mass is 32.1. The van der Waals surface area contributed by atoms with E-state index in [4.69, 9.17) is 0 Å². The number of Topliss-reactive ketones (excluding diaryl/α,β-unsaturated/α-hetero) is 2. The van der Waals surface area contributed by atoms with Gasteiger partial charge in [-0.05, 0) is 24.3 Å². The Balaban J connectivity index is 1.96. The summed E-state index contributed by atoms with van der Waals surface area (Å²) < 4.78 is 2.38. The number of aromatic nitrogens is 3. The van der Waals surface area contributed by atoms with Crippen LogP contribution in [-0.4, -0.2) is 26.3 Å². The van der Waals surface area contributed by atoms with Crippen LogP contribution < -0.4 is 0 Å². The first-order valence-corrected chi connectivity index (χ1v) is 6.45. The van der Waals surface area contributed by atoms with Gasteiger partial charge >= 0.3 is 0 Å². The normalized spacial score (nSPS) is 10.8. The fourth-order valence-electron chi connectivity index (χ4n) is 1.78. The van der Waals surface area contributed by atoms with Gasteiger partial charge < -0.3 is 0 Å². The number of rotatable bonds is 3. The fraction of sp³-hybridized carbons (Fsp3) is 0.0769. The summed E-state index contributed by atoms with van der Waals surface area (Å²) in [5, 5.41) is 3.95. The van der Waals surface area contributed by atoms with Gasteiger partial charge in [0.2, 0.25) is 5.78 Å². The summed E-state index contributed by atoms with van der Waals surface area (Å²) in [5.74, 6) is -1.14. The van der Waals surface area contributed by atoms with Crippen molar-refractivity contribution in [2.75, 3.05) is 0 Å². The quantitative estimate of drug-likeness (QED) is 0.540. The third-order valence-electron chi connectivity index (χ3n) is 2.75. The molecule has 1 aromatic carbocycles. The Hall–Kier alpha value is -2.34. The molecule has 5 nitrogen and oxygen atoms in total. The number of aryl methyl sites for hydroxylation is 1. The molecule has 0 aliphatic heterocycles. The first kappa shape index (κ1) is 11.7. The lowest BCUT2D eigenvalue weighted by Crippen LogP contribution is -2.15. The third-order valence-corrected chi connectivity index (χ3v) is 3.54. The fourth-order valence-corrected chi connectivity index (χ4v) is 2.50. The molecule has 0 amide bonds. The molecule has 0 N–H and O–H groups in total. The van der Waals surface area contributed by atoms with Gasteiger partial charge in [0.05, 0.1) is 15.7 Å². The highest BCUT2D eigenvalue weighted by molar-refractivity contribution is 7.16. The van der Waals surface area contributed by atoms with Gasteiger partial charge in [0.1, 0.15) is 5.69 Å². The molecule has 19 heavy (non-hydrogen) atoms. The van der Waals surface area contributed by atoms with Gasteiger partial charge in [-0.2, -0.15) is 5.10 Å². The number of fused-ring (bicyclic) bond motifs is 1. The zero-order valence-electron chi connectivity index (χ0n) is 10.0. The van der Waals surface area contributed by atoms with Crippen molar-refractivity contribution >= 4 is 33.1 Å². The summed E-state index contributed by atoms with van der Waals surface area (Å²) in [6.45, 7) is 0. The van der Waals surface area contributed by atoms with Crippen LogP contribution in [0.15, 0.2) is 36.0 Å². The van der Waals surface area contributed by atoms with E-state index in [2.05, 4.69) is 10.1 Å². The molecule has 0 unspecified atom stereocenters. The molecular formula is C13H9N3O2S. The molecule has 0 aliphatic carbocycles. The number of carbonyl (C=O) groups is 2. The van der Waals surface area contributed by atoms with Crippen molar-refractivity contribution in [3.63, 3.8) is 0 Å². The summed E-state index contributed by atoms with van der Waals surface area (Å²) >= 11 is 1.44. The van der Waals surface area contributed by atoms with Crippen LogP contribution in [0.2, 0.25) is 0 Å². The van der Waals surface area contributed by atoms with Crippen LogP contribution in [0, 0.1) is 0 Å². The molecule has 94 valence electrons. The van der Waals surface area contributed by atoms with E-state index in [0.717, 1.165) is 10.2 Å². The van der Waals surface area contributed by atoms with Crippen LogP contribution >= 0.6 is 11.3 Å². The van der Waals surface area contributed by atoms with E-state index in [1.165, 1.54) is 22.1 Å². The Morgan fingerprint density at radius 2 is 2.05 bits per heavy atom. The van der Waals surface area contributed by atoms with Crippen LogP contribution in [-0.2, 0) is 7.05 Å². The lowest BCUT2D eigenvalue weighted by Gasteiger charge is -1.98. The molecule has 0 saturated carbocycles. The van der Waals surface area contributed by atoms with E-state index in [1.807, 2.05) is 0 Å². The average Bonchev–Trinajstić information content (AvgIpc) is 3.04. The standard InChI is InChI=1S/C13H9N3O2S/c1-16-5-4-10(15-16)13(18)12(17)8-2-3-9-11(6-8)19-7-14-9/h2-7H,1H3. The monoisotopic (exact) mass is 271 g/mol.